The maximum atomic E-state index is 11.2. The standard InChI is InChI=1S/C11H13ClN4OS/c1-6(13)7-3-4-9(8(12)5-7)18-11-15-14-10(17)16(11)2/h3-6H,13H2,1-2H3,(H,14,17)/t6-/m0/s1. The predicted molar refractivity (Wildman–Crippen MR) is 72.0 cm³/mol. The maximum absolute atomic E-state index is 11.2. The minimum Gasteiger partial charge on any atom is -0.324 e. The number of benzene rings is 1. The number of hydrogen-bond acceptors (Lipinski definition) is 4. The Labute approximate surface area is 113 Å². The van der Waals surface area contributed by atoms with E-state index in [0.29, 0.717) is 10.2 Å². The molecule has 5 nitrogen and oxygen atoms in total. The van der Waals surface area contributed by atoms with Crippen LogP contribution in [0.3, 0.4) is 0 Å². The molecule has 96 valence electrons. The highest BCUT2D eigenvalue weighted by Gasteiger charge is 2.10. The zero-order valence-corrected chi connectivity index (χ0v) is 11.5. The molecule has 0 radical (unpaired) electrons. The molecule has 0 fully saturated rings. The summed E-state index contributed by atoms with van der Waals surface area (Å²) in [6, 6.07) is 5.57. The van der Waals surface area contributed by atoms with Crippen molar-refractivity contribution in [2.75, 3.05) is 0 Å². The molecule has 0 aliphatic carbocycles. The van der Waals surface area contributed by atoms with Crippen LogP contribution in [0.15, 0.2) is 33.0 Å². The van der Waals surface area contributed by atoms with E-state index in [2.05, 4.69) is 10.2 Å². The molecular formula is C11H13ClN4OS. The Morgan fingerprint density at radius 1 is 1.56 bits per heavy atom. The topological polar surface area (TPSA) is 76.7 Å². The van der Waals surface area contributed by atoms with E-state index in [9.17, 15) is 4.79 Å². The van der Waals surface area contributed by atoms with E-state index < -0.39 is 0 Å². The van der Waals surface area contributed by atoms with Gasteiger partial charge < -0.3 is 5.73 Å². The SMILES string of the molecule is C[C@H](N)c1ccc(Sc2n[nH]c(=O)n2C)c(Cl)c1. The summed E-state index contributed by atoms with van der Waals surface area (Å²) >= 11 is 7.51. The van der Waals surface area contributed by atoms with E-state index in [1.165, 1.54) is 16.3 Å². The van der Waals surface area contributed by atoms with Crippen molar-refractivity contribution >= 4 is 23.4 Å². The number of H-pyrrole nitrogens is 1. The molecular weight excluding hydrogens is 272 g/mol. The van der Waals surface area contributed by atoms with Crippen molar-refractivity contribution < 1.29 is 0 Å². The van der Waals surface area contributed by atoms with Crippen LogP contribution in [0.1, 0.15) is 18.5 Å². The number of hydrogen-bond donors (Lipinski definition) is 2. The smallest absolute Gasteiger partial charge is 0.324 e. The molecule has 0 unspecified atom stereocenters. The first-order valence-corrected chi connectivity index (χ1v) is 6.52. The number of nitrogens with zero attached hydrogens (tertiary/aromatic N) is 2. The number of rotatable bonds is 3. The van der Waals surface area contributed by atoms with E-state index in [1.807, 2.05) is 25.1 Å². The summed E-state index contributed by atoms with van der Waals surface area (Å²) in [5, 5.41) is 7.46. The van der Waals surface area contributed by atoms with Crippen molar-refractivity contribution in [2.45, 2.75) is 23.0 Å². The first-order chi connectivity index (χ1) is 8.49. The van der Waals surface area contributed by atoms with Crippen LogP contribution in [0.4, 0.5) is 0 Å². The van der Waals surface area contributed by atoms with E-state index in [4.69, 9.17) is 17.3 Å². The van der Waals surface area contributed by atoms with Gasteiger partial charge >= 0.3 is 5.69 Å². The van der Waals surface area contributed by atoms with Gasteiger partial charge in [-0.25, -0.2) is 9.89 Å². The normalized spacial score (nSPS) is 12.7. The van der Waals surface area contributed by atoms with Crippen LogP contribution in [0.25, 0.3) is 0 Å². The third-order valence-electron chi connectivity index (χ3n) is 2.52. The fourth-order valence-electron chi connectivity index (χ4n) is 1.41. The maximum Gasteiger partial charge on any atom is 0.343 e. The van der Waals surface area contributed by atoms with Crippen LogP contribution in [0.2, 0.25) is 5.02 Å². The van der Waals surface area contributed by atoms with Gasteiger partial charge in [0, 0.05) is 18.0 Å². The van der Waals surface area contributed by atoms with Crippen LogP contribution in [-0.2, 0) is 7.05 Å². The van der Waals surface area contributed by atoms with Gasteiger partial charge in [0.2, 0.25) is 0 Å². The van der Waals surface area contributed by atoms with Crippen molar-refractivity contribution in [1.82, 2.24) is 14.8 Å². The van der Waals surface area contributed by atoms with Gasteiger partial charge in [0.25, 0.3) is 0 Å². The minimum absolute atomic E-state index is 0.0590. The molecule has 1 aromatic carbocycles. The molecule has 18 heavy (non-hydrogen) atoms. The Kier molecular flexibility index (Phi) is 3.79. The zero-order valence-electron chi connectivity index (χ0n) is 9.98. The van der Waals surface area contributed by atoms with Crippen molar-refractivity contribution in [3.63, 3.8) is 0 Å². The fourth-order valence-corrected chi connectivity index (χ4v) is 2.51. The minimum atomic E-state index is -0.249. The molecule has 0 bridgehead atoms. The van der Waals surface area contributed by atoms with Gasteiger partial charge in [0.15, 0.2) is 5.16 Å². The van der Waals surface area contributed by atoms with Gasteiger partial charge in [0.1, 0.15) is 0 Å². The number of nitrogens with two attached hydrogens (primary N) is 1. The summed E-state index contributed by atoms with van der Waals surface area (Å²) in [6.07, 6.45) is 0. The van der Waals surface area contributed by atoms with Gasteiger partial charge in [-0.2, -0.15) is 0 Å². The third kappa shape index (κ3) is 2.60. The second-order valence-corrected chi connectivity index (χ2v) is 5.37. The quantitative estimate of drug-likeness (QED) is 0.903. The molecule has 0 saturated carbocycles. The molecule has 2 aromatic rings. The Bertz CT molecular complexity index is 620. The lowest BCUT2D eigenvalue weighted by atomic mass is 10.1. The van der Waals surface area contributed by atoms with Crippen molar-refractivity contribution in [1.29, 1.82) is 0 Å². The molecule has 0 spiro atoms. The molecule has 1 heterocycles. The van der Waals surface area contributed by atoms with Crippen LogP contribution in [-0.4, -0.2) is 14.8 Å². The molecule has 1 atom stereocenters. The first kappa shape index (κ1) is 13.2. The summed E-state index contributed by atoms with van der Waals surface area (Å²) in [5.74, 6) is 0. The van der Waals surface area contributed by atoms with Gasteiger partial charge in [-0.1, -0.05) is 17.7 Å². The van der Waals surface area contributed by atoms with E-state index in [-0.39, 0.29) is 11.7 Å². The van der Waals surface area contributed by atoms with Gasteiger partial charge in [-0.3, -0.25) is 4.57 Å². The summed E-state index contributed by atoms with van der Waals surface area (Å²) in [5.41, 5.74) is 6.51. The lowest BCUT2D eigenvalue weighted by molar-refractivity contribution is 0.766. The molecule has 1 aromatic heterocycles. The average molecular weight is 285 g/mol. The first-order valence-electron chi connectivity index (χ1n) is 5.33. The number of aromatic nitrogens is 3. The molecule has 0 aliphatic heterocycles. The highest BCUT2D eigenvalue weighted by molar-refractivity contribution is 7.99. The lowest BCUT2D eigenvalue weighted by Crippen LogP contribution is -2.12. The van der Waals surface area contributed by atoms with Crippen molar-refractivity contribution in [3.8, 4) is 0 Å². The van der Waals surface area contributed by atoms with Crippen LogP contribution in [0, 0.1) is 0 Å². The fraction of sp³-hybridized carbons (Fsp3) is 0.273. The van der Waals surface area contributed by atoms with E-state index in [1.54, 1.807) is 7.05 Å². The second-order valence-electron chi connectivity index (χ2n) is 3.95. The highest BCUT2D eigenvalue weighted by atomic mass is 35.5. The number of aromatic amines is 1. The predicted octanol–water partition coefficient (Wildman–Crippen LogP) is 1.93. The monoisotopic (exact) mass is 284 g/mol. The van der Waals surface area contributed by atoms with E-state index >= 15 is 0 Å². The highest BCUT2D eigenvalue weighted by Crippen LogP contribution is 2.32. The molecule has 7 heteroatoms. The molecule has 0 aliphatic rings. The molecule has 3 N–H and O–H groups in total. The number of nitrogens with one attached hydrogen (secondary N) is 1. The summed E-state index contributed by atoms with van der Waals surface area (Å²) in [7, 11) is 1.65. The van der Waals surface area contributed by atoms with Crippen LogP contribution >= 0.6 is 23.4 Å². The van der Waals surface area contributed by atoms with Gasteiger partial charge in [-0.15, -0.1) is 5.10 Å². The van der Waals surface area contributed by atoms with Crippen LogP contribution < -0.4 is 11.4 Å². The Morgan fingerprint density at radius 3 is 2.78 bits per heavy atom. The van der Waals surface area contributed by atoms with Gasteiger partial charge in [-0.05, 0) is 36.4 Å². The summed E-state index contributed by atoms with van der Waals surface area (Å²) in [4.78, 5) is 12.1. The second kappa shape index (κ2) is 5.17. The molecule has 0 amide bonds. The van der Waals surface area contributed by atoms with Gasteiger partial charge in [0.05, 0.1) is 5.02 Å². The van der Waals surface area contributed by atoms with E-state index in [0.717, 1.165) is 10.5 Å². The van der Waals surface area contributed by atoms with Crippen molar-refractivity contribution in [2.24, 2.45) is 12.8 Å². The molecule has 0 saturated heterocycles. The van der Waals surface area contributed by atoms with Crippen LogP contribution in [0.5, 0.6) is 0 Å². The molecule has 2 rings (SSSR count). The number of halogens is 1. The zero-order chi connectivity index (χ0) is 13.3. The third-order valence-corrected chi connectivity index (χ3v) is 4.07. The Morgan fingerprint density at radius 2 is 2.28 bits per heavy atom. The summed E-state index contributed by atoms with van der Waals surface area (Å²) < 4.78 is 1.43. The average Bonchev–Trinajstić information content (AvgIpc) is 2.63. The summed E-state index contributed by atoms with van der Waals surface area (Å²) in [6.45, 7) is 1.90. The Balaban J connectivity index is 2.30. The Hall–Kier alpha value is -1.24. The largest absolute Gasteiger partial charge is 0.343 e. The van der Waals surface area contributed by atoms with Crippen molar-refractivity contribution in [3.05, 3.63) is 39.3 Å². The lowest BCUT2D eigenvalue weighted by Gasteiger charge is -2.08.